The molecule has 0 N–H and O–H groups in total. The molecule has 0 amide bonds. The SMILES string of the molecule is O=C1CC(C(F)(F)F)C(C(F)(F)F)C1. The topological polar surface area (TPSA) is 17.1 Å². The van der Waals surface area contributed by atoms with Crippen LogP contribution in [0.2, 0.25) is 0 Å². The van der Waals surface area contributed by atoms with Gasteiger partial charge >= 0.3 is 12.4 Å². The monoisotopic (exact) mass is 220 g/mol. The van der Waals surface area contributed by atoms with Crippen LogP contribution in [-0.4, -0.2) is 18.1 Å². The van der Waals surface area contributed by atoms with Crippen molar-refractivity contribution in [3.63, 3.8) is 0 Å². The van der Waals surface area contributed by atoms with Crippen LogP contribution in [0.5, 0.6) is 0 Å². The molecule has 0 aromatic rings. The van der Waals surface area contributed by atoms with Crippen LogP contribution in [0, 0.1) is 11.8 Å². The van der Waals surface area contributed by atoms with Gasteiger partial charge in [0.2, 0.25) is 0 Å². The Morgan fingerprint density at radius 3 is 1.36 bits per heavy atom. The highest BCUT2D eigenvalue weighted by Gasteiger charge is 2.59. The van der Waals surface area contributed by atoms with Crippen molar-refractivity contribution in [1.82, 2.24) is 0 Å². The Morgan fingerprint density at radius 2 is 1.14 bits per heavy atom. The maximum absolute atomic E-state index is 12.1. The van der Waals surface area contributed by atoms with Gasteiger partial charge in [0, 0.05) is 12.8 Å². The van der Waals surface area contributed by atoms with Crippen molar-refractivity contribution in [2.45, 2.75) is 25.2 Å². The number of hydrogen-bond acceptors (Lipinski definition) is 1. The molecule has 2 atom stereocenters. The van der Waals surface area contributed by atoms with Gasteiger partial charge in [-0.15, -0.1) is 0 Å². The zero-order chi connectivity index (χ0) is 11.1. The highest BCUT2D eigenvalue weighted by Crippen LogP contribution is 2.48. The number of Topliss-reactive ketones (excluding diaryl/α,β-unsaturated/α-hetero) is 1. The molecule has 14 heavy (non-hydrogen) atoms. The van der Waals surface area contributed by atoms with Gasteiger partial charge in [0.1, 0.15) is 5.78 Å². The average Bonchev–Trinajstić information content (AvgIpc) is 2.27. The Balaban J connectivity index is 2.89. The number of rotatable bonds is 0. The third-order valence-corrected chi connectivity index (χ3v) is 2.22. The Bertz CT molecular complexity index is 216. The molecule has 1 rings (SSSR count). The smallest absolute Gasteiger partial charge is 0.300 e. The third kappa shape index (κ3) is 2.19. The summed E-state index contributed by atoms with van der Waals surface area (Å²) in [6.45, 7) is 0. The maximum atomic E-state index is 12.1. The van der Waals surface area contributed by atoms with Crippen molar-refractivity contribution in [2.24, 2.45) is 11.8 Å². The van der Waals surface area contributed by atoms with Gasteiger partial charge in [-0.3, -0.25) is 4.79 Å². The first-order valence-corrected chi connectivity index (χ1v) is 3.77. The van der Waals surface area contributed by atoms with Crippen molar-refractivity contribution in [3.05, 3.63) is 0 Å². The van der Waals surface area contributed by atoms with Crippen LogP contribution in [0.1, 0.15) is 12.8 Å². The summed E-state index contributed by atoms with van der Waals surface area (Å²) >= 11 is 0. The first kappa shape index (κ1) is 11.3. The fraction of sp³-hybridized carbons (Fsp3) is 0.857. The zero-order valence-electron chi connectivity index (χ0n) is 6.74. The van der Waals surface area contributed by atoms with E-state index in [1.54, 1.807) is 0 Å². The summed E-state index contributed by atoms with van der Waals surface area (Å²) in [4.78, 5) is 10.6. The van der Waals surface area contributed by atoms with Crippen molar-refractivity contribution < 1.29 is 31.1 Å². The minimum atomic E-state index is -4.95. The molecule has 0 radical (unpaired) electrons. The molecule has 1 fully saturated rings. The Labute approximate surface area is 75.1 Å². The maximum Gasteiger partial charge on any atom is 0.392 e. The molecule has 2 unspecified atom stereocenters. The van der Waals surface area contributed by atoms with Crippen LogP contribution in [0.3, 0.4) is 0 Å². The lowest BCUT2D eigenvalue weighted by Gasteiger charge is -2.23. The Kier molecular flexibility index (Phi) is 2.53. The van der Waals surface area contributed by atoms with Crippen molar-refractivity contribution >= 4 is 5.78 Å². The minimum Gasteiger partial charge on any atom is -0.300 e. The summed E-state index contributed by atoms with van der Waals surface area (Å²) in [6.07, 6.45) is -12.0. The van der Waals surface area contributed by atoms with E-state index in [1.165, 1.54) is 0 Å². The molecule has 0 aromatic heterocycles. The quantitative estimate of drug-likeness (QED) is 0.573. The lowest BCUT2D eigenvalue weighted by atomic mass is 9.95. The normalized spacial score (nSPS) is 29.7. The van der Waals surface area contributed by atoms with Crippen LogP contribution in [-0.2, 0) is 4.79 Å². The molecule has 1 saturated carbocycles. The summed E-state index contributed by atoms with van der Waals surface area (Å²) in [5.41, 5.74) is 0. The van der Waals surface area contributed by atoms with Gasteiger partial charge in [-0.2, -0.15) is 26.3 Å². The molecule has 1 aliphatic carbocycles. The largest absolute Gasteiger partial charge is 0.392 e. The minimum absolute atomic E-state index is 0.977. The van der Waals surface area contributed by atoms with Crippen LogP contribution in [0.15, 0.2) is 0 Å². The van der Waals surface area contributed by atoms with E-state index in [1.807, 2.05) is 0 Å². The molecule has 0 aliphatic heterocycles. The predicted octanol–water partition coefficient (Wildman–Crippen LogP) is 2.71. The van der Waals surface area contributed by atoms with Gasteiger partial charge in [0.05, 0.1) is 11.8 Å². The number of alkyl halides is 6. The lowest BCUT2D eigenvalue weighted by Crippen LogP contribution is -2.35. The van der Waals surface area contributed by atoms with Gasteiger partial charge in [0.25, 0.3) is 0 Å². The average molecular weight is 220 g/mol. The van der Waals surface area contributed by atoms with Crippen molar-refractivity contribution in [2.75, 3.05) is 0 Å². The van der Waals surface area contributed by atoms with Gasteiger partial charge < -0.3 is 0 Å². The van der Waals surface area contributed by atoms with E-state index in [2.05, 4.69) is 0 Å². The number of carbonyl (C=O) groups excluding carboxylic acids is 1. The van der Waals surface area contributed by atoms with E-state index in [9.17, 15) is 31.1 Å². The van der Waals surface area contributed by atoms with E-state index in [0.29, 0.717) is 0 Å². The van der Waals surface area contributed by atoms with E-state index < -0.39 is 42.8 Å². The Morgan fingerprint density at radius 1 is 0.857 bits per heavy atom. The fourth-order valence-electron chi connectivity index (χ4n) is 1.55. The van der Waals surface area contributed by atoms with Gasteiger partial charge in [0.15, 0.2) is 0 Å². The molecule has 0 bridgehead atoms. The molecule has 82 valence electrons. The van der Waals surface area contributed by atoms with Crippen LogP contribution in [0.25, 0.3) is 0 Å². The van der Waals surface area contributed by atoms with E-state index in [4.69, 9.17) is 0 Å². The lowest BCUT2D eigenvalue weighted by molar-refractivity contribution is -0.245. The highest BCUT2D eigenvalue weighted by molar-refractivity contribution is 5.81. The zero-order valence-corrected chi connectivity index (χ0v) is 6.74. The molecule has 1 aliphatic rings. The number of halogens is 6. The van der Waals surface area contributed by atoms with Gasteiger partial charge in [-0.1, -0.05) is 0 Å². The van der Waals surface area contributed by atoms with E-state index in [0.717, 1.165) is 0 Å². The highest BCUT2D eigenvalue weighted by atomic mass is 19.4. The second-order valence-corrected chi connectivity index (χ2v) is 3.24. The van der Waals surface area contributed by atoms with Gasteiger partial charge in [-0.25, -0.2) is 0 Å². The first-order valence-electron chi connectivity index (χ1n) is 3.77. The molecular weight excluding hydrogens is 214 g/mol. The van der Waals surface area contributed by atoms with Crippen LogP contribution in [0.4, 0.5) is 26.3 Å². The summed E-state index contributed by atoms with van der Waals surface area (Å²) < 4.78 is 72.4. The van der Waals surface area contributed by atoms with Crippen molar-refractivity contribution in [1.29, 1.82) is 0 Å². The van der Waals surface area contributed by atoms with Crippen molar-refractivity contribution in [3.8, 4) is 0 Å². The summed E-state index contributed by atoms with van der Waals surface area (Å²) in [5.74, 6) is -6.10. The van der Waals surface area contributed by atoms with Gasteiger partial charge in [-0.05, 0) is 0 Å². The van der Waals surface area contributed by atoms with E-state index in [-0.39, 0.29) is 0 Å². The molecule has 0 saturated heterocycles. The number of ketones is 1. The second-order valence-electron chi connectivity index (χ2n) is 3.24. The molecule has 0 spiro atoms. The first-order chi connectivity index (χ1) is 6.12. The number of carbonyl (C=O) groups is 1. The standard InChI is InChI=1S/C7H6F6O/c8-6(9,10)4-1-3(14)2-5(4)7(11,12)13/h4-5H,1-2H2. The third-order valence-electron chi connectivity index (χ3n) is 2.22. The fourth-order valence-corrected chi connectivity index (χ4v) is 1.55. The Hall–Kier alpha value is -0.750. The summed E-state index contributed by atoms with van der Waals surface area (Å²) in [5, 5.41) is 0. The summed E-state index contributed by atoms with van der Waals surface area (Å²) in [6, 6.07) is 0. The number of hydrogen-bond donors (Lipinski definition) is 0. The molecule has 1 nitrogen and oxygen atoms in total. The van der Waals surface area contributed by atoms with Crippen LogP contribution < -0.4 is 0 Å². The molecule has 0 heterocycles. The second kappa shape index (κ2) is 3.13. The molecule has 0 aromatic carbocycles. The molecule has 7 heteroatoms. The van der Waals surface area contributed by atoms with E-state index >= 15 is 0 Å². The summed E-state index contributed by atoms with van der Waals surface area (Å²) in [7, 11) is 0. The molecular formula is C7H6F6O. The predicted molar refractivity (Wildman–Crippen MR) is 33.3 cm³/mol. The van der Waals surface area contributed by atoms with Crippen LogP contribution >= 0.6 is 0 Å².